The molecule has 0 radical (unpaired) electrons. The number of amides is 3. The van der Waals surface area contributed by atoms with Crippen molar-refractivity contribution in [2.24, 2.45) is 5.92 Å². The van der Waals surface area contributed by atoms with Crippen LogP contribution in [0.3, 0.4) is 0 Å². The number of nitrogens with zero attached hydrogens (tertiary/aromatic N) is 1. The first kappa shape index (κ1) is 26.0. The number of ether oxygens (including phenoxy) is 3. The summed E-state index contributed by atoms with van der Waals surface area (Å²) >= 11 is 0. The minimum atomic E-state index is -0.292. The number of nitrogens with one attached hydrogen (secondary N) is 2. The number of carbonyl (C=O) groups excluding carboxylic acids is 3. The largest absolute Gasteiger partial charge is 0.497 e. The molecule has 0 spiro atoms. The summed E-state index contributed by atoms with van der Waals surface area (Å²) in [5, 5.41) is 5.97. The maximum absolute atomic E-state index is 12.8. The first-order valence-corrected chi connectivity index (χ1v) is 13.4. The van der Waals surface area contributed by atoms with Crippen molar-refractivity contribution in [2.45, 2.75) is 57.3 Å². The van der Waals surface area contributed by atoms with Crippen LogP contribution in [0.25, 0.3) is 0 Å². The van der Waals surface area contributed by atoms with Crippen LogP contribution in [0.4, 0.5) is 0 Å². The van der Waals surface area contributed by atoms with Gasteiger partial charge in [-0.15, -0.1) is 0 Å². The van der Waals surface area contributed by atoms with Crippen LogP contribution in [0.15, 0.2) is 42.5 Å². The van der Waals surface area contributed by atoms with E-state index >= 15 is 0 Å². The lowest BCUT2D eigenvalue weighted by molar-refractivity contribution is -0.137. The van der Waals surface area contributed by atoms with Gasteiger partial charge in [0.15, 0.2) is 0 Å². The van der Waals surface area contributed by atoms with E-state index in [2.05, 4.69) is 10.6 Å². The highest BCUT2D eigenvalue weighted by molar-refractivity contribution is 5.95. The molecular weight excluding hydrogens is 486 g/mol. The Morgan fingerprint density at radius 2 is 1.97 bits per heavy atom. The maximum atomic E-state index is 12.8. The Labute approximate surface area is 222 Å². The second-order valence-corrected chi connectivity index (χ2v) is 10.3. The molecule has 3 aliphatic rings. The van der Waals surface area contributed by atoms with Crippen molar-refractivity contribution < 1.29 is 28.6 Å². The fourth-order valence-corrected chi connectivity index (χ4v) is 4.94. The maximum Gasteiger partial charge on any atom is 0.251 e. The predicted octanol–water partition coefficient (Wildman–Crippen LogP) is 3.41. The first-order valence-electron chi connectivity index (χ1n) is 13.4. The quantitative estimate of drug-likeness (QED) is 0.641. The fraction of sp³-hybridized carbons (Fsp3) is 0.483. The predicted molar refractivity (Wildman–Crippen MR) is 140 cm³/mol. The van der Waals surface area contributed by atoms with Gasteiger partial charge in [0.2, 0.25) is 11.8 Å². The Kier molecular flexibility index (Phi) is 8.12. The molecule has 2 N–H and O–H groups in total. The van der Waals surface area contributed by atoms with Crippen molar-refractivity contribution in [3.63, 3.8) is 0 Å². The van der Waals surface area contributed by atoms with Gasteiger partial charge in [-0.05, 0) is 61.4 Å². The van der Waals surface area contributed by atoms with E-state index in [1.807, 2.05) is 29.2 Å². The number of fused-ring (bicyclic) bond motifs is 5. The lowest BCUT2D eigenvalue weighted by Crippen LogP contribution is -2.57. The van der Waals surface area contributed by atoms with Crippen LogP contribution >= 0.6 is 0 Å². The second-order valence-electron chi connectivity index (χ2n) is 10.3. The zero-order chi connectivity index (χ0) is 26.5. The normalized spacial score (nSPS) is 22.6. The molecule has 2 fully saturated rings. The van der Waals surface area contributed by atoms with Gasteiger partial charge in [-0.3, -0.25) is 14.4 Å². The Hall–Kier alpha value is -3.59. The number of benzene rings is 2. The first-order chi connectivity index (χ1) is 18.5. The van der Waals surface area contributed by atoms with E-state index in [9.17, 15) is 14.4 Å². The molecule has 2 aliphatic heterocycles. The van der Waals surface area contributed by atoms with E-state index in [4.69, 9.17) is 14.2 Å². The number of methoxy groups -OCH3 is 1. The van der Waals surface area contributed by atoms with E-state index in [1.165, 1.54) is 7.11 Å². The van der Waals surface area contributed by atoms with Crippen molar-refractivity contribution in [3.05, 3.63) is 53.6 Å². The summed E-state index contributed by atoms with van der Waals surface area (Å²) in [5.74, 6) is 1.89. The van der Waals surface area contributed by atoms with Gasteiger partial charge >= 0.3 is 0 Å². The van der Waals surface area contributed by atoms with Crippen LogP contribution in [-0.2, 0) is 20.9 Å². The van der Waals surface area contributed by atoms with Crippen LogP contribution in [0.2, 0.25) is 0 Å². The molecule has 0 unspecified atom stereocenters. The van der Waals surface area contributed by atoms with Crippen LogP contribution in [0.1, 0.15) is 54.4 Å². The van der Waals surface area contributed by atoms with Crippen molar-refractivity contribution in [1.29, 1.82) is 0 Å². The summed E-state index contributed by atoms with van der Waals surface area (Å²) < 4.78 is 17.7. The molecule has 9 heteroatoms. The van der Waals surface area contributed by atoms with Crippen LogP contribution in [0, 0.1) is 5.92 Å². The molecular formula is C29H35N3O6. The lowest BCUT2D eigenvalue weighted by atomic mass is 10.0. The molecule has 9 nitrogen and oxygen atoms in total. The van der Waals surface area contributed by atoms with Gasteiger partial charge in [-0.25, -0.2) is 0 Å². The summed E-state index contributed by atoms with van der Waals surface area (Å²) in [4.78, 5) is 40.3. The van der Waals surface area contributed by atoms with E-state index < -0.39 is 0 Å². The third-order valence-corrected chi connectivity index (χ3v) is 7.25. The standard InChI is InChI=1S/C29H35N3O6/c1-36-23-14-21-15-24(16-23)38-22-5-2-4-20(12-22)18-37-26-9-11-32(28(34)13-19-7-8-19)17-25(26)31-27(33)6-3-10-30-29(21)35/h2,4-5,12,14-16,19,25-26H,3,6-11,13,17-18H2,1H3,(H,30,35)(H,31,33)/t25-,26-/m0/s1. The van der Waals surface area contributed by atoms with Crippen molar-refractivity contribution in [2.75, 3.05) is 26.7 Å². The summed E-state index contributed by atoms with van der Waals surface area (Å²) in [7, 11) is 1.54. The molecule has 2 heterocycles. The van der Waals surface area contributed by atoms with Gasteiger partial charge in [-0.2, -0.15) is 0 Å². The summed E-state index contributed by atoms with van der Waals surface area (Å²) in [6, 6.07) is 12.3. The molecule has 1 aliphatic carbocycles. The Morgan fingerprint density at radius 1 is 1.11 bits per heavy atom. The van der Waals surface area contributed by atoms with Gasteiger partial charge in [0, 0.05) is 44.1 Å². The van der Waals surface area contributed by atoms with Crippen LogP contribution in [-0.4, -0.2) is 61.5 Å². The molecule has 3 amide bonds. The van der Waals surface area contributed by atoms with E-state index in [1.54, 1.807) is 18.2 Å². The Morgan fingerprint density at radius 3 is 2.79 bits per heavy atom. The van der Waals surface area contributed by atoms with Crippen LogP contribution in [0.5, 0.6) is 17.2 Å². The van der Waals surface area contributed by atoms with Gasteiger partial charge in [0.1, 0.15) is 17.2 Å². The second kappa shape index (κ2) is 11.9. The molecule has 2 aromatic rings. The zero-order valence-electron chi connectivity index (χ0n) is 21.7. The number of likely N-dealkylation sites (tertiary alicyclic amines) is 1. The minimum Gasteiger partial charge on any atom is -0.497 e. The fourth-order valence-electron chi connectivity index (χ4n) is 4.94. The lowest BCUT2D eigenvalue weighted by Gasteiger charge is -2.39. The zero-order valence-corrected chi connectivity index (χ0v) is 21.7. The van der Waals surface area contributed by atoms with Crippen molar-refractivity contribution in [1.82, 2.24) is 15.5 Å². The third kappa shape index (κ3) is 6.83. The Bertz CT molecular complexity index is 1180. The molecule has 1 saturated carbocycles. The number of piperidine rings is 1. The van der Waals surface area contributed by atoms with Crippen LogP contribution < -0.4 is 20.1 Å². The molecule has 2 atom stereocenters. The average Bonchev–Trinajstić information content (AvgIpc) is 3.73. The smallest absolute Gasteiger partial charge is 0.251 e. The van der Waals surface area contributed by atoms with Gasteiger partial charge in [0.05, 0.1) is 25.9 Å². The molecule has 4 bridgehead atoms. The van der Waals surface area contributed by atoms with E-state index in [0.717, 1.165) is 18.4 Å². The highest BCUT2D eigenvalue weighted by Gasteiger charge is 2.35. The van der Waals surface area contributed by atoms with E-state index in [-0.39, 0.29) is 36.3 Å². The average molecular weight is 522 g/mol. The topological polar surface area (TPSA) is 106 Å². The van der Waals surface area contributed by atoms with Crippen molar-refractivity contribution in [3.8, 4) is 17.2 Å². The number of hydrogen-bond acceptors (Lipinski definition) is 6. The number of rotatable bonds is 3. The van der Waals surface area contributed by atoms with Gasteiger partial charge in [0.25, 0.3) is 5.91 Å². The van der Waals surface area contributed by atoms with Gasteiger partial charge < -0.3 is 29.7 Å². The number of hydrogen-bond donors (Lipinski definition) is 2. The SMILES string of the molecule is COc1cc2cc(c1)C(=O)NCCCC(=O)N[C@H]1CN(C(=O)CC3CC3)CC[C@@H]1OCc1cccc(c1)O2. The third-order valence-electron chi connectivity index (χ3n) is 7.25. The molecule has 2 aromatic carbocycles. The monoisotopic (exact) mass is 521 g/mol. The summed E-state index contributed by atoms with van der Waals surface area (Å²) in [6.45, 7) is 1.75. The number of carbonyl (C=O) groups is 3. The summed E-state index contributed by atoms with van der Waals surface area (Å²) in [5.41, 5.74) is 1.33. The van der Waals surface area contributed by atoms with Gasteiger partial charge in [-0.1, -0.05) is 12.1 Å². The van der Waals surface area contributed by atoms with E-state index in [0.29, 0.717) is 74.2 Å². The molecule has 38 heavy (non-hydrogen) atoms. The highest BCUT2D eigenvalue weighted by atomic mass is 16.5. The molecule has 5 rings (SSSR count). The molecule has 1 saturated heterocycles. The summed E-state index contributed by atoms with van der Waals surface area (Å²) in [6.07, 6.45) is 4.03. The van der Waals surface area contributed by atoms with Crippen molar-refractivity contribution >= 4 is 17.7 Å². The highest BCUT2D eigenvalue weighted by Crippen LogP contribution is 2.33. The molecule has 0 aromatic heterocycles. The minimum absolute atomic E-state index is 0.116. The Balaban J connectivity index is 1.34. The molecule has 202 valence electrons.